The van der Waals surface area contributed by atoms with Crippen LogP contribution in [-0.2, 0) is 18.0 Å². The van der Waals surface area contributed by atoms with Gasteiger partial charge in [0.15, 0.2) is 5.82 Å². The zero-order valence-corrected chi connectivity index (χ0v) is 11.4. The highest BCUT2D eigenvalue weighted by Gasteiger charge is 2.07. The highest BCUT2D eigenvalue weighted by molar-refractivity contribution is 5.30. The molecule has 0 unspecified atom stereocenters. The molecule has 3 rings (SSSR count). The van der Waals surface area contributed by atoms with E-state index in [0.717, 1.165) is 11.3 Å². The van der Waals surface area contributed by atoms with Crippen molar-refractivity contribution in [3.63, 3.8) is 0 Å². The Labute approximate surface area is 122 Å². The largest absolute Gasteiger partial charge is 0.297 e. The van der Waals surface area contributed by atoms with Crippen LogP contribution in [0.3, 0.4) is 0 Å². The summed E-state index contributed by atoms with van der Waals surface area (Å²) < 4.78 is 1.68. The van der Waals surface area contributed by atoms with Crippen LogP contribution in [0.15, 0.2) is 60.7 Å². The lowest BCUT2D eigenvalue weighted by atomic mass is 10.2. The van der Waals surface area contributed by atoms with Gasteiger partial charge in [-0.1, -0.05) is 48.5 Å². The monoisotopic (exact) mass is 281 g/mol. The highest BCUT2D eigenvalue weighted by Crippen LogP contribution is 2.06. The zero-order chi connectivity index (χ0) is 14.3. The Kier molecular flexibility index (Phi) is 4.30. The molecule has 6 nitrogen and oxygen atoms in total. The SMILES string of the molecule is c1ccc(CONCc2nnnn2-c2ccccc2)cc1. The fraction of sp³-hybridized carbons (Fsp3) is 0.133. The van der Waals surface area contributed by atoms with Crippen molar-refractivity contribution < 1.29 is 4.84 Å². The van der Waals surface area contributed by atoms with Gasteiger partial charge < -0.3 is 0 Å². The average Bonchev–Trinajstić information content (AvgIpc) is 3.02. The first-order valence-electron chi connectivity index (χ1n) is 6.65. The van der Waals surface area contributed by atoms with Gasteiger partial charge in [-0.15, -0.1) is 5.10 Å². The fourth-order valence-corrected chi connectivity index (χ4v) is 1.91. The van der Waals surface area contributed by atoms with E-state index in [4.69, 9.17) is 4.84 Å². The van der Waals surface area contributed by atoms with E-state index in [0.29, 0.717) is 19.0 Å². The lowest BCUT2D eigenvalue weighted by Gasteiger charge is -2.06. The molecule has 0 saturated heterocycles. The number of hydroxylamine groups is 1. The van der Waals surface area contributed by atoms with Crippen LogP contribution in [-0.4, -0.2) is 20.2 Å². The summed E-state index contributed by atoms with van der Waals surface area (Å²) in [7, 11) is 0. The van der Waals surface area contributed by atoms with Crippen molar-refractivity contribution >= 4 is 0 Å². The molecule has 0 atom stereocenters. The van der Waals surface area contributed by atoms with Crippen molar-refractivity contribution in [2.45, 2.75) is 13.2 Å². The molecule has 0 aliphatic heterocycles. The second-order valence-electron chi connectivity index (χ2n) is 4.44. The molecule has 0 saturated carbocycles. The maximum atomic E-state index is 5.42. The Balaban J connectivity index is 1.56. The summed E-state index contributed by atoms with van der Waals surface area (Å²) in [5.41, 5.74) is 4.91. The standard InChI is InChI=1S/C15H15N5O/c1-3-7-13(8-4-1)12-21-16-11-15-17-18-19-20(15)14-9-5-2-6-10-14/h1-10,16H,11-12H2. The number of nitrogens with one attached hydrogen (secondary N) is 1. The van der Waals surface area contributed by atoms with Gasteiger partial charge in [0, 0.05) is 0 Å². The van der Waals surface area contributed by atoms with Crippen molar-refractivity contribution in [3.05, 3.63) is 72.1 Å². The van der Waals surface area contributed by atoms with Crippen LogP contribution < -0.4 is 5.48 Å². The Hall–Kier alpha value is -2.57. The molecule has 0 fully saturated rings. The second kappa shape index (κ2) is 6.74. The quantitative estimate of drug-likeness (QED) is 0.552. The third kappa shape index (κ3) is 3.50. The molecule has 0 spiro atoms. The lowest BCUT2D eigenvalue weighted by Crippen LogP contribution is -2.17. The van der Waals surface area contributed by atoms with Crippen molar-refractivity contribution in [3.8, 4) is 5.69 Å². The van der Waals surface area contributed by atoms with E-state index in [-0.39, 0.29) is 0 Å². The predicted octanol–water partition coefficient (Wildman–Crippen LogP) is 1.88. The summed E-state index contributed by atoms with van der Waals surface area (Å²) in [5.74, 6) is 0.689. The van der Waals surface area contributed by atoms with Crippen LogP contribution in [0.5, 0.6) is 0 Å². The summed E-state index contributed by atoms with van der Waals surface area (Å²) in [5, 5.41) is 11.7. The van der Waals surface area contributed by atoms with Crippen molar-refractivity contribution in [1.29, 1.82) is 0 Å². The molecule has 0 aliphatic carbocycles. The first kappa shape index (κ1) is 13.4. The number of aromatic nitrogens is 4. The average molecular weight is 281 g/mol. The number of hydrogen-bond acceptors (Lipinski definition) is 5. The summed E-state index contributed by atoms with van der Waals surface area (Å²) >= 11 is 0. The van der Waals surface area contributed by atoms with Gasteiger partial charge in [0.05, 0.1) is 18.8 Å². The third-order valence-electron chi connectivity index (χ3n) is 2.95. The van der Waals surface area contributed by atoms with Crippen LogP contribution >= 0.6 is 0 Å². The molecule has 0 amide bonds. The minimum atomic E-state index is 0.425. The second-order valence-corrected chi connectivity index (χ2v) is 4.44. The molecule has 21 heavy (non-hydrogen) atoms. The van der Waals surface area contributed by atoms with E-state index in [1.807, 2.05) is 60.7 Å². The number of nitrogens with zero attached hydrogens (tertiary/aromatic N) is 4. The zero-order valence-electron chi connectivity index (χ0n) is 11.4. The molecular formula is C15H15N5O. The lowest BCUT2D eigenvalue weighted by molar-refractivity contribution is 0.0218. The smallest absolute Gasteiger partial charge is 0.172 e. The van der Waals surface area contributed by atoms with E-state index in [9.17, 15) is 0 Å². The van der Waals surface area contributed by atoms with Gasteiger partial charge in [0.1, 0.15) is 0 Å². The van der Waals surface area contributed by atoms with E-state index < -0.39 is 0 Å². The van der Waals surface area contributed by atoms with E-state index in [1.54, 1.807) is 4.68 Å². The Morgan fingerprint density at radius 1 is 0.952 bits per heavy atom. The van der Waals surface area contributed by atoms with E-state index >= 15 is 0 Å². The molecule has 0 aliphatic rings. The van der Waals surface area contributed by atoms with Crippen LogP contribution in [0, 0.1) is 0 Å². The van der Waals surface area contributed by atoms with Gasteiger partial charge >= 0.3 is 0 Å². The van der Waals surface area contributed by atoms with Gasteiger partial charge in [-0.2, -0.15) is 10.2 Å². The molecule has 6 heteroatoms. The van der Waals surface area contributed by atoms with E-state index in [2.05, 4.69) is 21.0 Å². The molecular weight excluding hydrogens is 266 g/mol. The Morgan fingerprint density at radius 2 is 1.67 bits per heavy atom. The summed E-state index contributed by atoms with van der Waals surface area (Å²) in [6.45, 7) is 0.919. The Morgan fingerprint density at radius 3 is 2.43 bits per heavy atom. The molecule has 3 aromatic rings. The minimum absolute atomic E-state index is 0.425. The minimum Gasteiger partial charge on any atom is -0.297 e. The highest BCUT2D eigenvalue weighted by atomic mass is 16.6. The number of rotatable bonds is 6. The van der Waals surface area contributed by atoms with Crippen LogP contribution in [0.4, 0.5) is 0 Å². The van der Waals surface area contributed by atoms with E-state index in [1.165, 1.54) is 0 Å². The molecule has 0 radical (unpaired) electrons. The van der Waals surface area contributed by atoms with Crippen LogP contribution in [0.25, 0.3) is 5.69 Å². The Bertz CT molecular complexity index is 669. The maximum Gasteiger partial charge on any atom is 0.172 e. The first-order valence-corrected chi connectivity index (χ1v) is 6.65. The normalized spacial score (nSPS) is 10.7. The van der Waals surface area contributed by atoms with Crippen molar-refractivity contribution in [2.75, 3.05) is 0 Å². The predicted molar refractivity (Wildman–Crippen MR) is 77.2 cm³/mol. The van der Waals surface area contributed by atoms with Crippen LogP contribution in [0.1, 0.15) is 11.4 Å². The summed E-state index contributed by atoms with van der Waals surface area (Å²) in [4.78, 5) is 5.42. The van der Waals surface area contributed by atoms with Gasteiger partial charge in [0.2, 0.25) is 0 Å². The topological polar surface area (TPSA) is 64.9 Å². The molecule has 1 aromatic heterocycles. The number of benzene rings is 2. The molecule has 0 bridgehead atoms. The summed E-state index contributed by atoms with van der Waals surface area (Å²) in [6, 6.07) is 19.7. The molecule has 2 aromatic carbocycles. The number of tetrazole rings is 1. The van der Waals surface area contributed by atoms with Gasteiger partial charge in [0.25, 0.3) is 0 Å². The van der Waals surface area contributed by atoms with Gasteiger partial charge in [-0.05, 0) is 28.1 Å². The van der Waals surface area contributed by atoms with Crippen molar-refractivity contribution in [1.82, 2.24) is 25.7 Å². The molecule has 106 valence electrons. The fourth-order valence-electron chi connectivity index (χ4n) is 1.91. The van der Waals surface area contributed by atoms with Gasteiger partial charge in [-0.25, -0.2) is 0 Å². The molecule has 1 N–H and O–H groups in total. The maximum absolute atomic E-state index is 5.42. The number of para-hydroxylation sites is 1. The van der Waals surface area contributed by atoms with Gasteiger partial charge in [-0.3, -0.25) is 4.84 Å². The third-order valence-corrected chi connectivity index (χ3v) is 2.95. The van der Waals surface area contributed by atoms with Crippen molar-refractivity contribution in [2.24, 2.45) is 0 Å². The molecule has 1 heterocycles. The van der Waals surface area contributed by atoms with Crippen LogP contribution in [0.2, 0.25) is 0 Å². The number of hydrogen-bond donors (Lipinski definition) is 1. The first-order chi connectivity index (χ1) is 10.4. The summed E-state index contributed by atoms with van der Waals surface area (Å²) in [6.07, 6.45) is 0.